The predicted molar refractivity (Wildman–Crippen MR) is 55.7 cm³/mol. The van der Waals surface area contributed by atoms with Crippen molar-refractivity contribution in [2.75, 3.05) is 0 Å². The summed E-state index contributed by atoms with van der Waals surface area (Å²) in [6, 6.07) is 9.43. The van der Waals surface area contributed by atoms with Crippen molar-refractivity contribution in [3.05, 3.63) is 60.3 Å². The summed E-state index contributed by atoms with van der Waals surface area (Å²) in [5, 5.41) is 7.77. The average molecular weight is 172 g/mol. The minimum atomic E-state index is 0.401. The topological polar surface area (TPSA) is 49.9 Å². The van der Waals surface area contributed by atoms with Crippen LogP contribution in [0.5, 0.6) is 0 Å². The third kappa shape index (κ3) is 2.06. The van der Waals surface area contributed by atoms with Crippen LogP contribution >= 0.6 is 0 Å². The molecule has 0 atom stereocenters. The zero-order valence-corrected chi connectivity index (χ0v) is 7.33. The highest BCUT2D eigenvalue weighted by Gasteiger charge is 2.02. The van der Waals surface area contributed by atoms with Gasteiger partial charge in [-0.25, -0.2) is 0 Å². The van der Waals surface area contributed by atoms with Crippen LogP contribution < -0.4 is 5.73 Å². The smallest absolute Gasteiger partial charge is 0.0698 e. The number of benzene rings is 1. The largest absolute Gasteiger partial charge is 0.404 e. The molecule has 0 aromatic heterocycles. The van der Waals surface area contributed by atoms with E-state index in [4.69, 9.17) is 11.1 Å². The molecule has 0 aliphatic heterocycles. The molecule has 3 N–H and O–H groups in total. The highest BCUT2D eigenvalue weighted by Crippen LogP contribution is 2.07. The fourth-order valence-corrected chi connectivity index (χ4v) is 1.02. The summed E-state index contributed by atoms with van der Waals surface area (Å²) in [6.45, 7) is 3.59. The molecule has 2 heteroatoms. The van der Waals surface area contributed by atoms with Gasteiger partial charge >= 0.3 is 0 Å². The minimum Gasteiger partial charge on any atom is -0.404 e. The van der Waals surface area contributed by atoms with Crippen LogP contribution in [-0.4, -0.2) is 5.71 Å². The molecule has 1 aromatic rings. The molecule has 0 aliphatic rings. The molecule has 66 valence electrons. The van der Waals surface area contributed by atoms with E-state index in [-0.39, 0.29) is 0 Å². The van der Waals surface area contributed by atoms with E-state index in [1.807, 2.05) is 30.3 Å². The lowest BCUT2D eigenvalue weighted by Crippen LogP contribution is -2.03. The van der Waals surface area contributed by atoms with Crippen LogP contribution in [0.15, 0.2) is 54.8 Å². The molecular formula is C11H12N2. The molecule has 0 saturated heterocycles. The van der Waals surface area contributed by atoms with Crippen LogP contribution in [0.4, 0.5) is 0 Å². The van der Waals surface area contributed by atoms with Gasteiger partial charge in [0.1, 0.15) is 0 Å². The summed E-state index contributed by atoms with van der Waals surface area (Å²) < 4.78 is 0. The van der Waals surface area contributed by atoms with Crippen LogP contribution in [-0.2, 0) is 0 Å². The van der Waals surface area contributed by atoms with Crippen molar-refractivity contribution >= 4 is 5.71 Å². The predicted octanol–water partition coefficient (Wildman–Crippen LogP) is 2.08. The van der Waals surface area contributed by atoms with Gasteiger partial charge in [-0.15, -0.1) is 0 Å². The zero-order chi connectivity index (χ0) is 9.68. The van der Waals surface area contributed by atoms with Gasteiger partial charge in [0.05, 0.1) is 5.71 Å². The number of rotatable bonds is 3. The molecule has 1 aromatic carbocycles. The van der Waals surface area contributed by atoms with Crippen molar-refractivity contribution in [2.24, 2.45) is 5.73 Å². The Hall–Kier alpha value is -1.83. The lowest BCUT2D eigenvalue weighted by atomic mass is 10.0. The molecule has 0 aliphatic carbocycles. The number of allylic oxidation sites excluding steroid dienone is 2. The van der Waals surface area contributed by atoms with Gasteiger partial charge < -0.3 is 5.73 Å². The molecule has 0 unspecified atom stereocenters. The summed E-state index contributed by atoms with van der Waals surface area (Å²) in [5.41, 5.74) is 7.24. The first kappa shape index (κ1) is 9.26. The van der Waals surface area contributed by atoms with E-state index in [1.165, 1.54) is 6.20 Å². The Morgan fingerprint density at radius 3 is 2.38 bits per heavy atom. The van der Waals surface area contributed by atoms with Crippen molar-refractivity contribution in [1.29, 1.82) is 5.41 Å². The highest BCUT2D eigenvalue weighted by atomic mass is 14.5. The SMILES string of the molecule is C=C/C(=C/N)C(=N)c1ccccc1. The first-order valence-electron chi connectivity index (χ1n) is 3.98. The Labute approximate surface area is 77.9 Å². The van der Waals surface area contributed by atoms with Crippen molar-refractivity contribution in [2.45, 2.75) is 0 Å². The summed E-state index contributed by atoms with van der Waals surface area (Å²) in [6.07, 6.45) is 2.97. The van der Waals surface area contributed by atoms with E-state index in [2.05, 4.69) is 6.58 Å². The van der Waals surface area contributed by atoms with Crippen molar-refractivity contribution in [3.63, 3.8) is 0 Å². The summed E-state index contributed by atoms with van der Waals surface area (Å²) in [5.74, 6) is 0. The van der Waals surface area contributed by atoms with E-state index in [9.17, 15) is 0 Å². The first-order valence-corrected chi connectivity index (χ1v) is 3.98. The molecule has 0 radical (unpaired) electrons. The molecule has 0 heterocycles. The second kappa shape index (κ2) is 4.26. The van der Waals surface area contributed by atoms with Gasteiger partial charge in [-0.3, -0.25) is 5.41 Å². The van der Waals surface area contributed by atoms with Crippen molar-refractivity contribution in [1.82, 2.24) is 0 Å². The molecule has 1 rings (SSSR count). The number of hydrogen-bond donors (Lipinski definition) is 2. The van der Waals surface area contributed by atoms with E-state index in [1.54, 1.807) is 6.08 Å². The third-order valence-corrected chi connectivity index (χ3v) is 1.75. The van der Waals surface area contributed by atoms with Gasteiger partial charge in [0.25, 0.3) is 0 Å². The maximum atomic E-state index is 7.77. The summed E-state index contributed by atoms with van der Waals surface area (Å²) >= 11 is 0. The fraction of sp³-hybridized carbons (Fsp3) is 0. The summed E-state index contributed by atoms with van der Waals surface area (Å²) in [7, 11) is 0. The van der Waals surface area contributed by atoms with Crippen LogP contribution in [0.1, 0.15) is 5.56 Å². The van der Waals surface area contributed by atoms with Crippen LogP contribution in [0.2, 0.25) is 0 Å². The van der Waals surface area contributed by atoms with E-state index >= 15 is 0 Å². The second-order valence-corrected chi connectivity index (χ2v) is 2.57. The van der Waals surface area contributed by atoms with E-state index in [0.717, 1.165) is 5.56 Å². The Bertz CT molecular complexity index is 336. The van der Waals surface area contributed by atoms with Gasteiger partial charge in [0.2, 0.25) is 0 Å². The second-order valence-electron chi connectivity index (χ2n) is 2.57. The van der Waals surface area contributed by atoms with Crippen LogP contribution in [0.25, 0.3) is 0 Å². The lowest BCUT2D eigenvalue weighted by molar-refractivity contribution is 1.44. The van der Waals surface area contributed by atoms with Gasteiger partial charge in [-0.2, -0.15) is 0 Å². The maximum absolute atomic E-state index is 7.77. The van der Waals surface area contributed by atoms with E-state index in [0.29, 0.717) is 11.3 Å². The normalized spacial score (nSPS) is 10.9. The maximum Gasteiger partial charge on any atom is 0.0698 e. The Kier molecular flexibility index (Phi) is 3.03. The Balaban J connectivity index is 2.98. The number of nitrogens with two attached hydrogens (primary N) is 1. The Morgan fingerprint density at radius 1 is 1.31 bits per heavy atom. The fourth-order valence-electron chi connectivity index (χ4n) is 1.02. The monoisotopic (exact) mass is 172 g/mol. The molecule has 0 amide bonds. The quantitative estimate of drug-likeness (QED) is 0.532. The number of hydrogen-bond acceptors (Lipinski definition) is 2. The molecular weight excluding hydrogens is 160 g/mol. The van der Waals surface area contributed by atoms with E-state index < -0.39 is 0 Å². The summed E-state index contributed by atoms with van der Waals surface area (Å²) in [4.78, 5) is 0. The van der Waals surface area contributed by atoms with Crippen LogP contribution in [0, 0.1) is 5.41 Å². The van der Waals surface area contributed by atoms with Gasteiger partial charge in [0.15, 0.2) is 0 Å². The molecule has 0 bridgehead atoms. The van der Waals surface area contributed by atoms with Crippen molar-refractivity contribution < 1.29 is 0 Å². The highest BCUT2D eigenvalue weighted by molar-refractivity contribution is 6.12. The lowest BCUT2D eigenvalue weighted by Gasteiger charge is -2.03. The molecule has 0 fully saturated rings. The standard InChI is InChI=1S/C11H12N2/c1-2-9(8-12)11(13)10-6-4-3-5-7-10/h2-8,13H,1,12H2/b9-8-,13-11?. The third-order valence-electron chi connectivity index (χ3n) is 1.75. The van der Waals surface area contributed by atoms with Crippen molar-refractivity contribution in [3.8, 4) is 0 Å². The molecule has 2 nitrogen and oxygen atoms in total. The molecule has 0 saturated carbocycles. The zero-order valence-electron chi connectivity index (χ0n) is 7.33. The van der Waals surface area contributed by atoms with Gasteiger partial charge in [-0.1, -0.05) is 43.0 Å². The average Bonchev–Trinajstić information content (AvgIpc) is 2.21. The Morgan fingerprint density at radius 2 is 1.92 bits per heavy atom. The molecule has 0 spiro atoms. The van der Waals surface area contributed by atoms with Gasteiger partial charge in [0, 0.05) is 17.3 Å². The van der Waals surface area contributed by atoms with Crippen LogP contribution in [0.3, 0.4) is 0 Å². The molecule has 13 heavy (non-hydrogen) atoms. The minimum absolute atomic E-state index is 0.401. The first-order chi connectivity index (χ1) is 6.29. The van der Waals surface area contributed by atoms with Gasteiger partial charge in [-0.05, 0) is 0 Å². The number of nitrogens with one attached hydrogen (secondary N) is 1.